The minimum absolute atomic E-state index is 0.218. The summed E-state index contributed by atoms with van der Waals surface area (Å²) in [4.78, 5) is 11.6. The van der Waals surface area contributed by atoms with Crippen molar-refractivity contribution in [2.45, 2.75) is 78.2 Å². The number of carbonyl (C=O) groups is 1. The monoisotopic (exact) mass is 303 g/mol. The van der Waals surface area contributed by atoms with E-state index in [9.17, 15) is 4.79 Å². The molecule has 2 heteroatoms. The third-order valence-electron chi connectivity index (χ3n) is 7.20. The van der Waals surface area contributed by atoms with Gasteiger partial charge in [-0.3, -0.25) is 4.79 Å². The van der Waals surface area contributed by atoms with Crippen LogP contribution in [0.3, 0.4) is 0 Å². The number of nitrogens with one attached hydrogen (secondary N) is 1. The molecular formula is C20H33NO. The maximum atomic E-state index is 11.6. The molecule has 1 heterocycles. The fourth-order valence-corrected chi connectivity index (χ4v) is 5.89. The summed E-state index contributed by atoms with van der Waals surface area (Å²) in [6, 6.07) is 0.427. The summed E-state index contributed by atoms with van der Waals surface area (Å²) in [5, 5.41) is 3.17. The third-order valence-corrected chi connectivity index (χ3v) is 7.20. The van der Waals surface area contributed by atoms with Crippen LogP contribution in [-0.2, 0) is 4.79 Å². The zero-order valence-electron chi connectivity index (χ0n) is 14.7. The normalized spacial score (nSPS) is 43.0. The number of fused-ring (bicyclic) bond motifs is 1. The predicted molar refractivity (Wildman–Crippen MR) is 91.4 cm³/mol. The summed E-state index contributed by atoms with van der Waals surface area (Å²) in [5.41, 5.74) is 2.03. The second kappa shape index (κ2) is 6.02. The quantitative estimate of drug-likeness (QED) is 0.749. The molecule has 22 heavy (non-hydrogen) atoms. The maximum absolute atomic E-state index is 11.6. The molecule has 0 spiro atoms. The van der Waals surface area contributed by atoms with Gasteiger partial charge in [-0.1, -0.05) is 32.9 Å². The Morgan fingerprint density at radius 2 is 2.18 bits per heavy atom. The van der Waals surface area contributed by atoms with Gasteiger partial charge >= 0.3 is 0 Å². The van der Waals surface area contributed by atoms with Crippen molar-refractivity contribution in [3.8, 4) is 0 Å². The standard InChI is InChI=1S/C20H33NO/c1-13-6-5-11-20(4)17(13)9-10-18(20)14(2)7-8-16-12-15(3)19(22)21-16/h14-18H,1,5-12H2,2-4H3,(H,21,22)/t14?,15?,16?,17?,18-,20+/m1/s1. The molecule has 124 valence electrons. The Bertz CT molecular complexity index is 457. The number of hydrogen-bond donors (Lipinski definition) is 1. The summed E-state index contributed by atoms with van der Waals surface area (Å²) in [5.74, 6) is 2.88. The zero-order valence-corrected chi connectivity index (χ0v) is 14.7. The summed E-state index contributed by atoms with van der Waals surface area (Å²) in [7, 11) is 0. The van der Waals surface area contributed by atoms with Crippen molar-refractivity contribution in [1.82, 2.24) is 5.32 Å². The average Bonchev–Trinajstić information content (AvgIpc) is 2.97. The van der Waals surface area contributed by atoms with Crippen molar-refractivity contribution in [3.05, 3.63) is 12.2 Å². The largest absolute Gasteiger partial charge is 0.353 e. The van der Waals surface area contributed by atoms with E-state index in [2.05, 4.69) is 32.7 Å². The number of carbonyl (C=O) groups excluding carboxylic acids is 1. The van der Waals surface area contributed by atoms with E-state index in [-0.39, 0.29) is 11.8 Å². The first kappa shape index (κ1) is 16.1. The van der Waals surface area contributed by atoms with Crippen LogP contribution in [0.15, 0.2) is 12.2 Å². The summed E-state index contributed by atoms with van der Waals surface area (Å²) in [6.45, 7) is 11.4. The molecule has 6 atom stereocenters. The van der Waals surface area contributed by atoms with Crippen LogP contribution < -0.4 is 5.32 Å². The number of rotatable bonds is 4. The van der Waals surface area contributed by atoms with Gasteiger partial charge in [0.1, 0.15) is 0 Å². The van der Waals surface area contributed by atoms with Gasteiger partial charge < -0.3 is 5.32 Å². The lowest BCUT2D eigenvalue weighted by atomic mass is 9.61. The van der Waals surface area contributed by atoms with Crippen molar-refractivity contribution in [2.24, 2.45) is 29.1 Å². The van der Waals surface area contributed by atoms with E-state index in [4.69, 9.17) is 0 Å². The highest BCUT2D eigenvalue weighted by Crippen LogP contribution is 2.59. The van der Waals surface area contributed by atoms with Crippen LogP contribution in [0.4, 0.5) is 0 Å². The van der Waals surface area contributed by atoms with Gasteiger partial charge in [0.2, 0.25) is 5.91 Å². The molecular weight excluding hydrogens is 270 g/mol. The molecule has 3 rings (SSSR count). The third kappa shape index (κ3) is 2.74. The lowest BCUT2D eigenvalue weighted by molar-refractivity contribution is -0.122. The van der Waals surface area contributed by atoms with E-state index >= 15 is 0 Å². The molecule has 1 N–H and O–H groups in total. The van der Waals surface area contributed by atoms with Gasteiger partial charge in [0.15, 0.2) is 0 Å². The van der Waals surface area contributed by atoms with Crippen molar-refractivity contribution in [2.75, 3.05) is 0 Å². The number of allylic oxidation sites excluding steroid dienone is 1. The molecule has 0 radical (unpaired) electrons. The van der Waals surface area contributed by atoms with E-state index in [1.807, 2.05) is 0 Å². The fourth-order valence-electron chi connectivity index (χ4n) is 5.89. The Hall–Kier alpha value is -0.790. The zero-order chi connectivity index (χ0) is 15.9. The molecule has 4 unspecified atom stereocenters. The first-order valence-electron chi connectivity index (χ1n) is 9.40. The molecule has 2 aliphatic carbocycles. The Kier molecular flexibility index (Phi) is 4.40. The van der Waals surface area contributed by atoms with Gasteiger partial charge in [-0.2, -0.15) is 0 Å². The molecule has 1 amide bonds. The Morgan fingerprint density at radius 1 is 1.41 bits per heavy atom. The highest BCUT2D eigenvalue weighted by Gasteiger charge is 2.50. The molecule has 0 aromatic heterocycles. The van der Waals surface area contributed by atoms with Gasteiger partial charge in [-0.15, -0.1) is 0 Å². The van der Waals surface area contributed by atoms with Gasteiger partial charge in [0.25, 0.3) is 0 Å². The van der Waals surface area contributed by atoms with Gasteiger partial charge in [-0.25, -0.2) is 0 Å². The van der Waals surface area contributed by atoms with Crippen molar-refractivity contribution in [1.29, 1.82) is 0 Å². The Morgan fingerprint density at radius 3 is 2.86 bits per heavy atom. The highest BCUT2D eigenvalue weighted by atomic mass is 16.2. The van der Waals surface area contributed by atoms with Crippen LogP contribution in [0.5, 0.6) is 0 Å². The Labute approximate surface area is 136 Å². The van der Waals surface area contributed by atoms with Crippen molar-refractivity contribution in [3.63, 3.8) is 0 Å². The first-order valence-corrected chi connectivity index (χ1v) is 9.40. The van der Waals surface area contributed by atoms with Gasteiger partial charge in [0.05, 0.1) is 0 Å². The SMILES string of the molecule is C=C1CCC[C@@]2(C)C1CC[C@@H]2C(C)CCC1CC(C)C(=O)N1. The van der Waals surface area contributed by atoms with Crippen molar-refractivity contribution < 1.29 is 4.79 Å². The molecule has 0 aromatic rings. The molecule has 2 saturated carbocycles. The van der Waals surface area contributed by atoms with Crippen LogP contribution in [0.25, 0.3) is 0 Å². The topological polar surface area (TPSA) is 29.1 Å². The maximum Gasteiger partial charge on any atom is 0.223 e. The summed E-state index contributed by atoms with van der Waals surface area (Å²) < 4.78 is 0. The fraction of sp³-hybridized carbons (Fsp3) is 0.850. The van der Waals surface area contributed by atoms with Crippen LogP contribution in [0.2, 0.25) is 0 Å². The number of hydrogen-bond acceptors (Lipinski definition) is 1. The van der Waals surface area contributed by atoms with E-state index < -0.39 is 0 Å². The predicted octanol–water partition coefficient (Wildman–Crippen LogP) is 4.70. The van der Waals surface area contributed by atoms with Gasteiger partial charge in [0, 0.05) is 12.0 Å². The van der Waals surface area contributed by atoms with Crippen LogP contribution in [0.1, 0.15) is 72.1 Å². The second-order valence-electron chi connectivity index (χ2n) is 8.65. The second-order valence-corrected chi connectivity index (χ2v) is 8.65. The van der Waals surface area contributed by atoms with Crippen LogP contribution >= 0.6 is 0 Å². The summed E-state index contributed by atoms with van der Waals surface area (Å²) >= 11 is 0. The smallest absolute Gasteiger partial charge is 0.223 e. The molecule has 3 aliphatic rings. The first-order chi connectivity index (χ1) is 10.4. The summed E-state index contributed by atoms with van der Waals surface area (Å²) in [6.07, 6.45) is 10.2. The van der Waals surface area contributed by atoms with E-state index in [0.29, 0.717) is 11.5 Å². The van der Waals surface area contributed by atoms with E-state index in [1.54, 1.807) is 0 Å². The molecule has 1 saturated heterocycles. The van der Waals surface area contributed by atoms with Crippen LogP contribution in [0, 0.1) is 29.1 Å². The molecule has 3 fully saturated rings. The lowest BCUT2D eigenvalue weighted by Gasteiger charge is -2.44. The molecule has 0 bridgehead atoms. The Balaban J connectivity index is 1.57. The minimum Gasteiger partial charge on any atom is -0.353 e. The van der Waals surface area contributed by atoms with E-state index in [1.165, 1.54) is 44.1 Å². The number of amides is 1. The van der Waals surface area contributed by atoms with Gasteiger partial charge in [-0.05, 0) is 74.5 Å². The van der Waals surface area contributed by atoms with Crippen molar-refractivity contribution >= 4 is 5.91 Å². The average molecular weight is 303 g/mol. The lowest BCUT2D eigenvalue weighted by Crippen LogP contribution is -2.36. The molecule has 2 nitrogen and oxygen atoms in total. The molecule has 0 aromatic carbocycles. The van der Waals surface area contributed by atoms with E-state index in [0.717, 1.165) is 30.6 Å². The minimum atomic E-state index is 0.218. The van der Waals surface area contributed by atoms with Crippen LogP contribution in [-0.4, -0.2) is 11.9 Å². The highest BCUT2D eigenvalue weighted by molar-refractivity contribution is 5.80. The molecule has 1 aliphatic heterocycles.